The summed E-state index contributed by atoms with van der Waals surface area (Å²) in [6.07, 6.45) is 21.1. The van der Waals surface area contributed by atoms with Gasteiger partial charge >= 0.3 is 11.9 Å². The Kier molecular flexibility index (Phi) is 22.8. The Hall–Kier alpha value is -0.480. The zero-order chi connectivity index (χ0) is 22.3. The fourth-order valence-electron chi connectivity index (χ4n) is 3.34. The zero-order valence-corrected chi connectivity index (χ0v) is 20.6. The van der Waals surface area contributed by atoms with Crippen LogP contribution in [0.3, 0.4) is 0 Å². The molecule has 0 heterocycles. The number of rotatable bonds is 22. The van der Waals surface area contributed by atoms with Crippen molar-refractivity contribution in [2.24, 2.45) is 0 Å². The van der Waals surface area contributed by atoms with Crippen molar-refractivity contribution in [1.82, 2.24) is 0 Å². The van der Waals surface area contributed by atoms with Crippen LogP contribution in [0.25, 0.3) is 0 Å². The third-order valence-corrected chi connectivity index (χ3v) is 5.42. The van der Waals surface area contributed by atoms with Crippen LogP contribution in [0, 0.1) is 0 Å². The number of hydrogen-bond acceptors (Lipinski definition) is 4. The van der Waals surface area contributed by atoms with Crippen molar-refractivity contribution in [1.29, 1.82) is 0 Å². The van der Waals surface area contributed by atoms with E-state index in [1.165, 1.54) is 89.9 Å². The molecule has 0 saturated carbocycles. The lowest BCUT2D eigenvalue weighted by atomic mass is 10.0. The normalized spacial score (nSPS) is 11.1. The quantitative estimate of drug-likeness (QED) is 0.0922. The lowest BCUT2D eigenvalue weighted by molar-refractivity contribution is -0.150. The highest BCUT2D eigenvalue weighted by molar-refractivity contribution is 6.44. The molecular weight excluding hydrogens is 423 g/mol. The van der Waals surface area contributed by atoms with Crippen LogP contribution in [0.2, 0.25) is 0 Å². The van der Waals surface area contributed by atoms with Crippen molar-refractivity contribution >= 4 is 35.1 Å². The maximum absolute atomic E-state index is 11.6. The smallest absolute Gasteiger partial charge is 0.306 e. The van der Waals surface area contributed by atoms with Crippen LogP contribution in [-0.4, -0.2) is 30.0 Å². The van der Waals surface area contributed by atoms with Crippen molar-refractivity contribution < 1.29 is 19.1 Å². The van der Waals surface area contributed by atoms with Gasteiger partial charge in [-0.3, -0.25) is 9.59 Å². The molecule has 0 atom stereocenters. The third-order valence-electron chi connectivity index (χ3n) is 5.16. The summed E-state index contributed by atoms with van der Waals surface area (Å²) < 4.78 is 9.92. The number of carbonyl (C=O) groups excluding carboxylic acids is 2. The third kappa shape index (κ3) is 23.8. The molecule has 6 heteroatoms. The van der Waals surface area contributed by atoms with Crippen LogP contribution in [0.15, 0.2) is 0 Å². The topological polar surface area (TPSA) is 52.6 Å². The molecule has 0 fully saturated rings. The van der Waals surface area contributed by atoms with Gasteiger partial charge < -0.3 is 9.47 Å². The molecule has 0 amide bonds. The molecule has 178 valence electrons. The fourth-order valence-corrected chi connectivity index (χ4v) is 3.47. The summed E-state index contributed by atoms with van der Waals surface area (Å²) in [6, 6.07) is 0. The van der Waals surface area contributed by atoms with Gasteiger partial charge in [-0.15, -0.1) is 23.2 Å². The molecule has 30 heavy (non-hydrogen) atoms. The summed E-state index contributed by atoms with van der Waals surface area (Å²) in [7, 11) is 0. The van der Waals surface area contributed by atoms with Crippen LogP contribution in [-0.2, 0) is 19.1 Å². The minimum atomic E-state index is -0.740. The molecule has 0 aromatic rings. The highest BCUT2D eigenvalue weighted by Gasteiger charge is 2.10. The molecule has 0 spiro atoms. The van der Waals surface area contributed by atoms with Gasteiger partial charge in [0.05, 0.1) is 19.4 Å². The lowest BCUT2D eigenvalue weighted by Gasteiger charge is -2.06. The Morgan fingerprint density at radius 3 is 1.37 bits per heavy atom. The van der Waals surface area contributed by atoms with Gasteiger partial charge in [-0.25, -0.2) is 0 Å². The summed E-state index contributed by atoms with van der Waals surface area (Å²) in [4.78, 5) is 22.2. The lowest BCUT2D eigenvalue weighted by Crippen LogP contribution is -2.13. The first-order valence-electron chi connectivity index (χ1n) is 12.2. The van der Waals surface area contributed by atoms with Crippen LogP contribution in [0.4, 0.5) is 0 Å². The largest absolute Gasteiger partial charge is 0.466 e. The van der Waals surface area contributed by atoms with Gasteiger partial charge in [0, 0.05) is 0 Å². The number of hydrogen-bond donors (Lipinski definition) is 0. The highest BCUT2D eigenvalue weighted by Crippen LogP contribution is 2.13. The van der Waals surface area contributed by atoms with E-state index in [4.69, 9.17) is 32.7 Å². The summed E-state index contributed by atoms with van der Waals surface area (Å²) in [5.74, 6) is -0.845. The first-order valence-corrected chi connectivity index (χ1v) is 13.0. The van der Waals surface area contributed by atoms with E-state index in [1.54, 1.807) is 0 Å². The number of halogens is 2. The number of alkyl halides is 2. The SMILES string of the molecule is CCCCCCCCCCCCCCCCCCOC(=O)CCC(=O)OCC(Cl)Cl. The van der Waals surface area contributed by atoms with Gasteiger partial charge in [-0.2, -0.15) is 0 Å². The maximum atomic E-state index is 11.6. The van der Waals surface area contributed by atoms with Gasteiger partial charge in [0.25, 0.3) is 0 Å². The first kappa shape index (κ1) is 29.5. The standard InChI is InChI=1S/C24H44Cl2O4/c1-2-3-4-5-6-7-8-9-10-11-12-13-14-15-16-17-20-29-23(27)18-19-24(28)30-21-22(25)26/h22H,2-21H2,1H3. The number of esters is 2. The van der Waals surface area contributed by atoms with Crippen LogP contribution >= 0.6 is 23.2 Å². The Bertz CT molecular complexity index is 403. The monoisotopic (exact) mass is 466 g/mol. The van der Waals surface area contributed by atoms with Crippen LogP contribution in [0.1, 0.15) is 122 Å². The molecule has 0 N–H and O–H groups in total. The minimum absolute atomic E-state index is 0.00170. The first-order chi connectivity index (χ1) is 14.6. The summed E-state index contributed by atoms with van der Waals surface area (Å²) in [5, 5.41) is 0. The zero-order valence-electron chi connectivity index (χ0n) is 19.1. The molecule has 0 rings (SSSR count). The van der Waals surface area contributed by atoms with E-state index < -0.39 is 10.8 Å². The van der Waals surface area contributed by atoms with E-state index >= 15 is 0 Å². The van der Waals surface area contributed by atoms with Gasteiger partial charge in [-0.1, -0.05) is 103 Å². The second-order valence-corrected chi connectivity index (χ2v) is 9.37. The molecule has 0 radical (unpaired) electrons. The molecule has 4 nitrogen and oxygen atoms in total. The molecule has 0 unspecified atom stereocenters. The molecule has 0 aliphatic carbocycles. The minimum Gasteiger partial charge on any atom is -0.466 e. The average molecular weight is 468 g/mol. The Labute approximate surface area is 194 Å². The van der Waals surface area contributed by atoms with E-state index in [0.29, 0.717) is 6.61 Å². The van der Waals surface area contributed by atoms with E-state index in [9.17, 15) is 9.59 Å². The number of carbonyl (C=O) groups is 2. The predicted molar refractivity (Wildman–Crippen MR) is 126 cm³/mol. The Balaban J connectivity index is 3.22. The van der Waals surface area contributed by atoms with Gasteiger partial charge in [0.2, 0.25) is 0 Å². The van der Waals surface area contributed by atoms with Gasteiger partial charge in [0.15, 0.2) is 0 Å². The van der Waals surface area contributed by atoms with E-state index in [1.807, 2.05) is 0 Å². The van der Waals surface area contributed by atoms with Crippen molar-refractivity contribution in [3.63, 3.8) is 0 Å². The second kappa shape index (κ2) is 23.2. The van der Waals surface area contributed by atoms with Crippen molar-refractivity contribution in [3.05, 3.63) is 0 Å². The van der Waals surface area contributed by atoms with Crippen molar-refractivity contribution in [2.45, 2.75) is 127 Å². The Morgan fingerprint density at radius 2 is 0.967 bits per heavy atom. The summed E-state index contributed by atoms with van der Waals surface area (Å²) >= 11 is 10.9. The van der Waals surface area contributed by atoms with Crippen LogP contribution < -0.4 is 0 Å². The van der Waals surface area contributed by atoms with Crippen molar-refractivity contribution in [3.8, 4) is 0 Å². The molecular formula is C24H44Cl2O4. The maximum Gasteiger partial charge on any atom is 0.306 e. The number of ether oxygens (including phenoxy) is 2. The van der Waals surface area contributed by atoms with Gasteiger partial charge in [-0.05, 0) is 6.42 Å². The number of unbranched alkanes of at least 4 members (excludes halogenated alkanes) is 15. The molecule has 0 saturated heterocycles. The molecule has 0 bridgehead atoms. The summed E-state index contributed by atoms with van der Waals surface area (Å²) in [6.45, 7) is 2.64. The highest BCUT2D eigenvalue weighted by atomic mass is 35.5. The predicted octanol–water partition coefficient (Wildman–Crippen LogP) is 7.92. The summed E-state index contributed by atoms with van der Waals surface area (Å²) in [5.41, 5.74) is 0. The second-order valence-electron chi connectivity index (χ2n) is 8.10. The van der Waals surface area contributed by atoms with E-state index in [-0.39, 0.29) is 25.4 Å². The van der Waals surface area contributed by atoms with E-state index in [2.05, 4.69) is 6.92 Å². The molecule has 0 aliphatic rings. The average Bonchev–Trinajstić information content (AvgIpc) is 2.72. The van der Waals surface area contributed by atoms with E-state index in [0.717, 1.165) is 12.8 Å². The Morgan fingerprint density at radius 1 is 0.600 bits per heavy atom. The molecule has 0 aliphatic heterocycles. The van der Waals surface area contributed by atoms with Gasteiger partial charge in [0.1, 0.15) is 11.4 Å². The van der Waals surface area contributed by atoms with Crippen molar-refractivity contribution in [2.75, 3.05) is 13.2 Å². The van der Waals surface area contributed by atoms with Crippen LogP contribution in [0.5, 0.6) is 0 Å². The molecule has 0 aromatic carbocycles. The molecule has 0 aromatic heterocycles. The fraction of sp³-hybridized carbons (Fsp3) is 0.917.